The summed E-state index contributed by atoms with van der Waals surface area (Å²) < 4.78 is 0. The molecule has 0 aliphatic carbocycles. The summed E-state index contributed by atoms with van der Waals surface area (Å²) in [7, 11) is 2.09. The van der Waals surface area contributed by atoms with Crippen LogP contribution in [0.5, 0.6) is 0 Å². The van der Waals surface area contributed by atoms with E-state index in [-0.39, 0.29) is 11.1 Å². The molecule has 2 aromatic carbocycles. The molecule has 0 spiro atoms. The van der Waals surface area contributed by atoms with Crippen molar-refractivity contribution in [1.29, 1.82) is 0 Å². The maximum Gasteiger partial charge on any atom is 0.335 e. The molecule has 1 unspecified atom stereocenters. The highest BCUT2D eigenvalue weighted by molar-refractivity contribution is 6.39. The zero-order valence-electron chi connectivity index (χ0n) is 19.2. The summed E-state index contributed by atoms with van der Waals surface area (Å²) in [5.41, 5.74) is 4.47. The molecule has 1 fully saturated rings. The van der Waals surface area contributed by atoms with Gasteiger partial charge in [0.15, 0.2) is 0 Å². The molecule has 166 valence electrons. The number of carbonyl (C=O) groups is 3. The highest BCUT2D eigenvalue weighted by Gasteiger charge is 2.38. The Kier molecular flexibility index (Phi) is 5.41. The van der Waals surface area contributed by atoms with E-state index in [1.807, 2.05) is 37.3 Å². The molecule has 2 aliphatic rings. The van der Waals surface area contributed by atoms with Gasteiger partial charge in [-0.05, 0) is 73.6 Å². The number of nitrogens with zero attached hydrogens (tertiary/aromatic N) is 2. The second-order valence-electron chi connectivity index (χ2n) is 9.23. The number of nitrogens with one attached hydrogen (secondary N) is 1. The van der Waals surface area contributed by atoms with Gasteiger partial charge in [0.25, 0.3) is 11.8 Å². The van der Waals surface area contributed by atoms with Crippen molar-refractivity contribution in [1.82, 2.24) is 5.32 Å². The van der Waals surface area contributed by atoms with Gasteiger partial charge in [0.05, 0.1) is 5.69 Å². The minimum atomic E-state index is -0.721. The van der Waals surface area contributed by atoms with E-state index in [9.17, 15) is 14.4 Å². The third kappa shape index (κ3) is 3.60. The van der Waals surface area contributed by atoms with E-state index in [1.54, 1.807) is 18.2 Å². The first kappa shape index (κ1) is 21.8. The number of carbonyl (C=O) groups excluding carboxylic acids is 3. The van der Waals surface area contributed by atoms with Crippen molar-refractivity contribution in [2.45, 2.75) is 52.0 Å². The number of benzene rings is 2. The number of amides is 4. The molecule has 2 heterocycles. The van der Waals surface area contributed by atoms with Crippen LogP contribution in [0.1, 0.15) is 56.7 Å². The molecule has 1 atom stereocenters. The van der Waals surface area contributed by atoms with Crippen LogP contribution in [-0.2, 0) is 16.0 Å². The lowest BCUT2D eigenvalue weighted by Gasteiger charge is -2.45. The Morgan fingerprint density at radius 1 is 1.09 bits per heavy atom. The van der Waals surface area contributed by atoms with Crippen LogP contribution in [0, 0.1) is 0 Å². The van der Waals surface area contributed by atoms with Crippen LogP contribution in [0.15, 0.2) is 48.0 Å². The number of para-hydroxylation sites is 1. The number of barbiturate groups is 1. The molecule has 32 heavy (non-hydrogen) atoms. The summed E-state index contributed by atoms with van der Waals surface area (Å²) in [6, 6.07) is 12.5. The van der Waals surface area contributed by atoms with E-state index < -0.39 is 17.8 Å². The Morgan fingerprint density at radius 3 is 2.53 bits per heavy atom. The number of hydrogen-bond donors (Lipinski definition) is 1. The van der Waals surface area contributed by atoms with E-state index in [4.69, 9.17) is 0 Å². The third-order valence-corrected chi connectivity index (χ3v) is 6.68. The maximum atomic E-state index is 13.3. The number of aryl methyl sites for hydroxylation is 1. The molecule has 1 N–H and O–H groups in total. The Hall–Kier alpha value is -3.41. The van der Waals surface area contributed by atoms with Gasteiger partial charge in [0.2, 0.25) is 0 Å². The first-order chi connectivity index (χ1) is 15.1. The predicted molar refractivity (Wildman–Crippen MR) is 127 cm³/mol. The number of imide groups is 2. The van der Waals surface area contributed by atoms with Crippen molar-refractivity contribution >= 4 is 35.3 Å². The second-order valence-corrected chi connectivity index (χ2v) is 9.23. The number of anilines is 2. The summed E-state index contributed by atoms with van der Waals surface area (Å²) in [5.74, 6) is -0.933. The third-order valence-electron chi connectivity index (χ3n) is 6.68. The molecular formula is C26H29N3O3. The van der Waals surface area contributed by atoms with E-state index in [0.717, 1.165) is 28.1 Å². The minimum absolute atomic E-state index is 0.0485. The van der Waals surface area contributed by atoms with Crippen LogP contribution in [0.3, 0.4) is 0 Å². The van der Waals surface area contributed by atoms with Gasteiger partial charge in [0.1, 0.15) is 5.57 Å². The predicted octanol–water partition coefficient (Wildman–Crippen LogP) is 4.64. The van der Waals surface area contributed by atoms with E-state index >= 15 is 0 Å². The van der Waals surface area contributed by atoms with Crippen molar-refractivity contribution < 1.29 is 14.4 Å². The van der Waals surface area contributed by atoms with Crippen LogP contribution < -0.4 is 15.1 Å². The van der Waals surface area contributed by atoms with Crippen LogP contribution in [0.25, 0.3) is 6.08 Å². The molecule has 0 radical (unpaired) electrons. The molecule has 6 nitrogen and oxygen atoms in total. The number of hydrogen-bond acceptors (Lipinski definition) is 4. The zero-order valence-corrected chi connectivity index (χ0v) is 19.2. The normalized spacial score (nSPS) is 21.6. The summed E-state index contributed by atoms with van der Waals surface area (Å²) in [6.45, 7) is 8.62. The first-order valence-corrected chi connectivity index (χ1v) is 11.0. The quantitative estimate of drug-likeness (QED) is 0.568. The highest BCUT2D eigenvalue weighted by atomic mass is 16.2. The fourth-order valence-corrected chi connectivity index (χ4v) is 4.76. The van der Waals surface area contributed by atoms with Gasteiger partial charge in [0, 0.05) is 18.3 Å². The average molecular weight is 432 g/mol. The van der Waals surface area contributed by atoms with Crippen LogP contribution >= 0.6 is 0 Å². The largest absolute Gasteiger partial charge is 0.369 e. The van der Waals surface area contributed by atoms with Gasteiger partial charge < -0.3 is 4.90 Å². The van der Waals surface area contributed by atoms with Crippen molar-refractivity contribution in [2.24, 2.45) is 0 Å². The molecule has 0 bridgehead atoms. The summed E-state index contributed by atoms with van der Waals surface area (Å²) in [4.78, 5) is 41.8. The highest BCUT2D eigenvalue weighted by Crippen LogP contribution is 2.42. The molecule has 6 heteroatoms. The summed E-state index contributed by atoms with van der Waals surface area (Å²) in [6.07, 6.45) is 3.25. The second kappa shape index (κ2) is 7.93. The summed E-state index contributed by atoms with van der Waals surface area (Å²) in [5, 5.41) is 2.32. The molecule has 0 saturated carbocycles. The molecule has 2 aromatic rings. The van der Waals surface area contributed by atoms with Gasteiger partial charge in [-0.1, -0.05) is 38.1 Å². The Labute approximate surface area is 188 Å². The molecule has 4 rings (SSSR count). The average Bonchev–Trinajstić information content (AvgIpc) is 2.75. The lowest BCUT2D eigenvalue weighted by Crippen LogP contribution is -2.54. The molecule has 0 aromatic heterocycles. The number of urea groups is 1. The topological polar surface area (TPSA) is 69.7 Å². The lowest BCUT2D eigenvalue weighted by atomic mass is 9.80. The Morgan fingerprint density at radius 2 is 1.81 bits per heavy atom. The molecular weight excluding hydrogens is 402 g/mol. The summed E-state index contributed by atoms with van der Waals surface area (Å²) >= 11 is 0. The van der Waals surface area contributed by atoms with Gasteiger partial charge in [-0.15, -0.1) is 0 Å². The lowest BCUT2D eigenvalue weighted by molar-refractivity contribution is -0.122. The monoisotopic (exact) mass is 431 g/mol. The van der Waals surface area contributed by atoms with Crippen LogP contribution in [0.2, 0.25) is 0 Å². The van der Waals surface area contributed by atoms with Gasteiger partial charge in [-0.2, -0.15) is 0 Å². The maximum absolute atomic E-state index is 13.3. The van der Waals surface area contributed by atoms with Gasteiger partial charge in [-0.25, -0.2) is 9.69 Å². The van der Waals surface area contributed by atoms with Crippen molar-refractivity contribution in [3.8, 4) is 0 Å². The van der Waals surface area contributed by atoms with Crippen molar-refractivity contribution in [3.05, 3.63) is 64.7 Å². The van der Waals surface area contributed by atoms with Gasteiger partial charge >= 0.3 is 6.03 Å². The minimum Gasteiger partial charge on any atom is -0.369 e. The van der Waals surface area contributed by atoms with E-state index in [1.165, 1.54) is 5.56 Å². The molecule has 4 amide bonds. The fraction of sp³-hybridized carbons (Fsp3) is 0.346. The Bertz CT molecular complexity index is 1150. The smallest absolute Gasteiger partial charge is 0.335 e. The fourth-order valence-electron chi connectivity index (χ4n) is 4.76. The first-order valence-electron chi connectivity index (χ1n) is 11.0. The molecule has 1 saturated heterocycles. The molecule has 2 aliphatic heterocycles. The standard InChI is InChI=1S/C26H29N3O3/c1-6-18-9-7-8-10-21(18)29-24(31)20(23(30)27-25(29)32)14-17-11-12-22-19(13-17)16(2)15-26(3,4)28(22)5/h7-14,16H,6,15H2,1-5H3,(H,27,30,32)/b20-14+. The van der Waals surface area contributed by atoms with E-state index in [0.29, 0.717) is 18.0 Å². The zero-order chi connectivity index (χ0) is 23.2. The van der Waals surface area contributed by atoms with Gasteiger partial charge in [-0.3, -0.25) is 14.9 Å². The van der Waals surface area contributed by atoms with Crippen molar-refractivity contribution in [2.75, 3.05) is 16.8 Å². The van der Waals surface area contributed by atoms with Crippen molar-refractivity contribution in [3.63, 3.8) is 0 Å². The number of rotatable bonds is 3. The van der Waals surface area contributed by atoms with E-state index in [2.05, 4.69) is 38.0 Å². The van der Waals surface area contributed by atoms with Crippen LogP contribution in [0.4, 0.5) is 16.2 Å². The SMILES string of the molecule is CCc1ccccc1N1C(=O)NC(=O)/C(=C\c2ccc3c(c2)C(C)CC(C)(C)N3C)C1=O. The number of fused-ring (bicyclic) bond motifs is 1. The van der Waals surface area contributed by atoms with Crippen LogP contribution in [-0.4, -0.2) is 30.4 Å². The Balaban J connectivity index is 1.74.